The number of aliphatic hydroxyl groups is 1. The number of hydrogen-bond donors (Lipinski definition) is 2. The number of carbonyl (C=O) groups is 1. The highest BCUT2D eigenvalue weighted by Crippen LogP contribution is 2.21. The van der Waals surface area contributed by atoms with E-state index in [0.717, 1.165) is 57.8 Å². The van der Waals surface area contributed by atoms with Crippen LogP contribution in [0.5, 0.6) is 0 Å². The minimum Gasteiger partial charge on any atom is -0.388 e. The van der Waals surface area contributed by atoms with Crippen molar-refractivity contribution in [2.75, 3.05) is 6.54 Å². The van der Waals surface area contributed by atoms with E-state index < -0.39 is 5.60 Å². The fourth-order valence-corrected chi connectivity index (χ4v) is 3.41. The third-order valence-corrected chi connectivity index (χ3v) is 5.58. The number of carbonyl (C=O) groups excluding carboxylic acids is 1. The van der Waals surface area contributed by atoms with Gasteiger partial charge in [0.05, 0.1) is 5.60 Å². The summed E-state index contributed by atoms with van der Waals surface area (Å²) in [7, 11) is 0. The van der Waals surface area contributed by atoms with Crippen LogP contribution in [-0.2, 0) is 4.79 Å². The minimum absolute atomic E-state index is 0.160. The zero-order valence-corrected chi connectivity index (χ0v) is 22.6. The van der Waals surface area contributed by atoms with Crippen LogP contribution in [0.25, 0.3) is 0 Å². The molecule has 0 aromatic carbocycles. The van der Waals surface area contributed by atoms with Crippen LogP contribution in [0.4, 0.5) is 0 Å². The van der Waals surface area contributed by atoms with Crippen molar-refractivity contribution >= 4 is 5.91 Å². The van der Waals surface area contributed by atoms with E-state index in [-0.39, 0.29) is 5.91 Å². The molecule has 0 fully saturated rings. The molecular formula is C32H51NO2. The van der Waals surface area contributed by atoms with Gasteiger partial charge in [-0.15, -0.1) is 0 Å². The normalized spacial score (nSPS) is 14.7. The highest BCUT2D eigenvalue weighted by Gasteiger charge is 2.25. The minimum atomic E-state index is -0.793. The van der Waals surface area contributed by atoms with Gasteiger partial charge in [0.15, 0.2) is 0 Å². The fourth-order valence-electron chi connectivity index (χ4n) is 3.41. The number of hydrogen-bond acceptors (Lipinski definition) is 2. The van der Waals surface area contributed by atoms with E-state index in [2.05, 4.69) is 62.5 Å². The van der Waals surface area contributed by atoms with E-state index in [1.165, 1.54) is 25.3 Å². The lowest BCUT2D eigenvalue weighted by Gasteiger charge is -2.28. The van der Waals surface area contributed by atoms with Gasteiger partial charge in [-0.3, -0.25) is 4.79 Å². The summed E-state index contributed by atoms with van der Waals surface area (Å²) in [6.45, 7) is 6.81. The Morgan fingerprint density at radius 3 is 1.71 bits per heavy atom. The fraction of sp³-hybridized carbons (Fsp3) is 0.531. The van der Waals surface area contributed by atoms with Crippen LogP contribution in [0, 0.1) is 0 Å². The van der Waals surface area contributed by atoms with Gasteiger partial charge in [-0.05, 0) is 32.1 Å². The van der Waals surface area contributed by atoms with Gasteiger partial charge in [0.25, 0.3) is 0 Å². The maximum absolute atomic E-state index is 12.1. The number of amides is 1. The van der Waals surface area contributed by atoms with Crippen molar-refractivity contribution in [2.24, 2.45) is 0 Å². The monoisotopic (exact) mass is 481 g/mol. The molecule has 0 spiro atoms. The standard InChI is InChI=1S/C32H51NO2/c1-4-7-10-12-13-14-15-16-17-18-19-20-21-22-23-24-25-27-31(34)33-30-32(35,28-9-6-3)29-26-11-8-5-2/h10,12-18,21-25,27,35H,4-9,11,19-20,26,28-30H2,1-3H3,(H,33,34). The van der Waals surface area contributed by atoms with Gasteiger partial charge in [0.2, 0.25) is 5.91 Å². The Labute approximate surface area is 216 Å². The van der Waals surface area contributed by atoms with E-state index in [0.29, 0.717) is 6.54 Å². The molecule has 0 rings (SSSR count). The first kappa shape index (κ1) is 32.6. The van der Waals surface area contributed by atoms with Crippen LogP contribution in [0.15, 0.2) is 85.1 Å². The number of nitrogens with one attached hydrogen (secondary N) is 1. The Morgan fingerprint density at radius 1 is 0.629 bits per heavy atom. The Hall–Kier alpha value is -2.39. The Balaban J connectivity index is 4.14. The van der Waals surface area contributed by atoms with E-state index in [4.69, 9.17) is 0 Å². The second kappa shape index (κ2) is 24.7. The van der Waals surface area contributed by atoms with Crippen molar-refractivity contribution in [3.63, 3.8) is 0 Å². The number of allylic oxidation sites excluding steroid dienone is 13. The first-order valence-corrected chi connectivity index (χ1v) is 13.7. The maximum Gasteiger partial charge on any atom is 0.244 e. The summed E-state index contributed by atoms with van der Waals surface area (Å²) in [5.74, 6) is -0.160. The molecule has 0 aliphatic heterocycles. The van der Waals surface area contributed by atoms with Crippen molar-refractivity contribution in [1.29, 1.82) is 0 Å². The van der Waals surface area contributed by atoms with Crippen LogP contribution in [0.1, 0.15) is 97.8 Å². The zero-order valence-electron chi connectivity index (χ0n) is 22.6. The van der Waals surface area contributed by atoms with Gasteiger partial charge in [0.1, 0.15) is 0 Å². The first-order valence-electron chi connectivity index (χ1n) is 13.7. The highest BCUT2D eigenvalue weighted by molar-refractivity contribution is 5.87. The van der Waals surface area contributed by atoms with Crippen LogP contribution >= 0.6 is 0 Å². The lowest BCUT2D eigenvalue weighted by Crippen LogP contribution is -2.42. The van der Waals surface area contributed by atoms with Gasteiger partial charge in [-0.2, -0.15) is 0 Å². The summed E-state index contributed by atoms with van der Waals surface area (Å²) in [6.07, 6.45) is 40.1. The van der Waals surface area contributed by atoms with Crippen molar-refractivity contribution in [3.8, 4) is 0 Å². The molecule has 1 amide bonds. The summed E-state index contributed by atoms with van der Waals surface area (Å²) < 4.78 is 0. The van der Waals surface area contributed by atoms with E-state index >= 15 is 0 Å². The molecule has 0 aliphatic carbocycles. The van der Waals surface area contributed by atoms with Crippen molar-refractivity contribution < 1.29 is 9.90 Å². The molecule has 0 aromatic rings. The van der Waals surface area contributed by atoms with Crippen LogP contribution in [0.2, 0.25) is 0 Å². The summed E-state index contributed by atoms with van der Waals surface area (Å²) in [6, 6.07) is 0. The average molecular weight is 482 g/mol. The molecule has 0 heterocycles. The quantitative estimate of drug-likeness (QED) is 0.0981. The molecule has 35 heavy (non-hydrogen) atoms. The van der Waals surface area contributed by atoms with E-state index in [1.54, 1.807) is 6.08 Å². The van der Waals surface area contributed by atoms with Crippen LogP contribution in [-0.4, -0.2) is 23.2 Å². The molecular weight excluding hydrogens is 430 g/mol. The Kier molecular flexibility index (Phi) is 23.0. The van der Waals surface area contributed by atoms with Crippen molar-refractivity contribution in [2.45, 2.75) is 103 Å². The topological polar surface area (TPSA) is 49.3 Å². The Morgan fingerprint density at radius 2 is 1.14 bits per heavy atom. The third-order valence-electron chi connectivity index (χ3n) is 5.58. The van der Waals surface area contributed by atoms with Gasteiger partial charge < -0.3 is 10.4 Å². The van der Waals surface area contributed by atoms with E-state index in [1.807, 2.05) is 36.5 Å². The van der Waals surface area contributed by atoms with Gasteiger partial charge in [0, 0.05) is 12.6 Å². The van der Waals surface area contributed by atoms with Gasteiger partial charge in [-0.1, -0.05) is 145 Å². The number of rotatable bonds is 21. The second-order valence-corrected chi connectivity index (χ2v) is 9.02. The molecule has 0 radical (unpaired) electrons. The largest absolute Gasteiger partial charge is 0.388 e. The maximum atomic E-state index is 12.1. The first-order chi connectivity index (χ1) is 17.1. The second-order valence-electron chi connectivity index (χ2n) is 9.02. The van der Waals surface area contributed by atoms with Gasteiger partial charge >= 0.3 is 0 Å². The predicted octanol–water partition coefficient (Wildman–Crippen LogP) is 8.47. The molecule has 0 bridgehead atoms. The van der Waals surface area contributed by atoms with Crippen molar-refractivity contribution in [1.82, 2.24) is 5.32 Å². The van der Waals surface area contributed by atoms with Crippen LogP contribution < -0.4 is 5.32 Å². The van der Waals surface area contributed by atoms with E-state index in [9.17, 15) is 9.90 Å². The van der Waals surface area contributed by atoms with Gasteiger partial charge in [-0.25, -0.2) is 0 Å². The highest BCUT2D eigenvalue weighted by atomic mass is 16.3. The lowest BCUT2D eigenvalue weighted by atomic mass is 9.90. The predicted molar refractivity (Wildman–Crippen MR) is 154 cm³/mol. The van der Waals surface area contributed by atoms with Crippen molar-refractivity contribution in [3.05, 3.63) is 85.1 Å². The smallest absolute Gasteiger partial charge is 0.244 e. The third kappa shape index (κ3) is 23.1. The number of unbranched alkanes of at least 4 members (excludes halogenated alkanes) is 6. The molecule has 0 aliphatic rings. The lowest BCUT2D eigenvalue weighted by molar-refractivity contribution is -0.118. The summed E-state index contributed by atoms with van der Waals surface area (Å²) in [5.41, 5.74) is -0.793. The van der Waals surface area contributed by atoms with Crippen LogP contribution in [0.3, 0.4) is 0 Å². The molecule has 3 nitrogen and oxygen atoms in total. The molecule has 0 saturated heterocycles. The summed E-state index contributed by atoms with van der Waals surface area (Å²) in [5, 5.41) is 13.8. The molecule has 1 atom stereocenters. The molecule has 3 heteroatoms. The SMILES string of the molecule is CCCC=CC=CC=CC=CCCC=CC=CC=CC(=O)NCC(O)(CCCC)CCCCCC. The average Bonchev–Trinajstić information content (AvgIpc) is 2.86. The summed E-state index contributed by atoms with van der Waals surface area (Å²) >= 11 is 0. The Bertz CT molecular complexity index is 709. The summed E-state index contributed by atoms with van der Waals surface area (Å²) in [4.78, 5) is 12.1. The zero-order chi connectivity index (χ0) is 25.9. The molecule has 1 unspecified atom stereocenters. The molecule has 0 saturated carbocycles. The molecule has 2 N–H and O–H groups in total. The molecule has 196 valence electrons. The molecule has 0 aromatic heterocycles.